The normalized spacial score (nSPS) is 25.5. The Hall–Kier alpha value is -2.73. The Morgan fingerprint density at radius 3 is 2.44 bits per heavy atom. The molecule has 0 saturated carbocycles. The molecule has 1 saturated heterocycles. The number of hydrogen-bond donors (Lipinski definition) is 1. The highest BCUT2D eigenvalue weighted by atomic mass is 16.6. The molecule has 2 aliphatic rings. The summed E-state index contributed by atoms with van der Waals surface area (Å²) < 4.78 is 24.1. The van der Waals surface area contributed by atoms with Gasteiger partial charge in [0.1, 0.15) is 35.6 Å². The first-order valence-electron chi connectivity index (χ1n) is 12.0. The van der Waals surface area contributed by atoms with Crippen LogP contribution in [0.5, 0.6) is 17.2 Å². The van der Waals surface area contributed by atoms with Gasteiger partial charge in [0.25, 0.3) is 0 Å². The lowest BCUT2D eigenvalue weighted by Gasteiger charge is -2.50. The quantitative estimate of drug-likeness (QED) is 0.555. The van der Waals surface area contributed by atoms with E-state index in [-0.39, 0.29) is 24.0 Å². The fourth-order valence-electron chi connectivity index (χ4n) is 4.98. The molecule has 0 unspecified atom stereocenters. The van der Waals surface area contributed by atoms with Crippen molar-refractivity contribution in [3.63, 3.8) is 0 Å². The second kappa shape index (κ2) is 9.14. The Kier molecular flexibility index (Phi) is 6.56. The number of fused-ring (bicyclic) bond motifs is 3. The molecule has 34 heavy (non-hydrogen) atoms. The summed E-state index contributed by atoms with van der Waals surface area (Å²) in [6.45, 7) is 10.8. The minimum atomic E-state index is -0.871. The average Bonchev–Trinajstić information content (AvgIpc) is 2.82. The van der Waals surface area contributed by atoms with Crippen molar-refractivity contribution in [3.05, 3.63) is 53.6 Å². The fraction of sp³-hybridized carbons (Fsp3) is 0.536. The van der Waals surface area contributed by atoms with Crippen LogP contribution >= 0.6 is 0 Å². The zero-order valence-electron chi connectivity index (χ0n) is 21.0. The molecule has 0 aromatic heterocycles. The van der Waals surface area contributed by atoms with Gasteiger partial charge in [-0.05, 0) is 74.1 Å². The highest BCUT2D eigenvalue weighted by Crippen LogP contribution is 2.52. The van der Waals surface area contributed by atoms with Gasteiger partial charge in [-0.15, -0.1) is 0 Å². The number of methoxy groups -OCH3 is 1. The minimum Gasteiger partial charge on any atom is -0.497 e. The van der Waals surface area contributed by atoms with Crippen LogP contribution in [0.1, 0.15) is 64.7 Å². The Morgan fingerprint density at radius 2 is 1.82 bits per heavy atom. The van der Waals surface area contributed by atoms with E-state index in [4.69, 9.17) is 18.9 Å². The van der Waals surface area contributed by atoms with Crippen molar-refractivity contribution in [1.29, 1.82) is 0 Å². The molecule has 2 aromatic rings. The van der Waals surface area contributed by atoms with Crippen LogP contribution in [0.15, 0.2) is 42.5 Å². The van der Waals surface area contributed by atoms with E-state index < -0.39 is 23.6 Å². The van der Waals surface area contributed by atoms with Gasteiger partial charge in [0.15, 0.2) is 0 Å². The molecule has 1 N–H and O–H groups in total. The molecular weight excluding hydrogens is 432 g/mol. The smallest absolute Gasteiger partial charge is 0.309 e. The maximum Gasteiger partial charge on any atom is 0.309 e. The van der Waals surface area contributed by atoms with Gasteiger partial charge in [-0.25, -0.2) is 0 Å². The first-order chi connectivity index (χ1) is 16.1. The van der Waals surface area contributed by atoms with E-state index >= 15 is 0 Å². The molecule has 4 atom stereocenters. The molecule has 2 aromatic carbocycles. The third-order valence-electron chi connectivity index (χ3n) is 7.68. The zero-order chi connectivity index (χ0) is 24.7. The van der Waals surface area contributed by atoms with Gasteiger partial charge < -0.3 is 24.1 Å². The number of carbonyl (C=O) groups is 1. The Morgan fingerprint density at radius 1 is 1.15 bits per heavy atom. The highest BCUT2D eigenvalue weighted by Gasteiger charge is 2.52. The van der Waals surface area contributed by atoms with Gasteiger partial charge in [-0.3, -0.25) is 4.79 Å². The lowest BCUT2D eigenvalue weighted by atomic mass is 9.71. The largest absolute Gasteiger partial charge is 0.497 e. The molecule has 0 aliphatic carbocycles. The summed E-state index contributed by atoms with van der Waals surface area (Å²) in [5.41, 5.74) is 1.70. The monoisotopic (exact) mass is 468 g/mol. The summed E-state index contributed by atoms with van der Waals surface area (Å²) in [6, 6.07) is 13.6. The van der Waals surface area contributed by atoms with Crippen LogP contribution < -0.4 is 14.2 Å². The molecule has 2 aliphatic heterocycles. The maximum absolute atomic E-state index is 12.2. The van der Waals surface area contributed by atoms with Crippen molar-refractivity contribution in [2.24, 2.45) is 11.8 Å². The second-order valence-electron chi connectivity index (χ2n) is 10.6. The Bertz CT molecular complexity index is 1030. The zero-order valence-corrected chi connectivity index (χ0v) is 21.0. The first kappa shape index (κ1) is 24.4. The van der Waals surface area contributed by atoms with E-state index in [1.54, 1.807) is 7.11 Å². The summed E-state index contributed by atoms with van der Waals surface area (Å²) in [4.78, 5) is 12.2. The standard InChI is InChI=1S/C28H36O6/c1-7-27(2,3)17-8-13-23-20(14-17)25-22(28(4,5)34-23)15-21(26(29)30)24(33-25)16-32-19-11-9-18(31-6)10-12-19/h8-14,21-22,24-25H,7,15-16H2,1-6H3,(H,29,30)/t21-,22-,24-,25+/m0/s1. The van der Waals surface area contributed by atoms with Gasteiger partial charge in [-0.2, -0.15) is 0 Å². The molecule has 2 heterocycles. The molecule has 0 bridgehead atoms. The van der Waals surface area contributed by atoms with Gasteiger partial charge in [-0.1, -0.05) is 26.8 Å². The molecule has 6 heteroatoms. The van der Waals surface area contributed by atoms with E-state index in [0.717, 1.165) is 23.5 Å². The SMILES string of the molecule is CCC(C)(C)c1ccc2c(c1)[C@H]1O[C@@H](COc3ccc(OC)cc3)[C@@H](C(=O)O)C[C@@H]1C(C)(C)O2. The van der Waals surface area contributed by atoms with E-state index in [9.17, 15) is 9.90 Å². The Balaban J connectivity index is 1.64. The molecule has 0 amide bonds. The molecule has 0 radical (unpaired) electrons. The molecule has 184 valence electrons. The van der Waals surface area contributed by atoms with Crippen molar-refractivity contribution >= 4 is 5.97 Å². The van der Waals surface area contributed by atoms with E-state index in [1.165, 1.54) is 5.56 Å². The van der Waals surface area contributed by atoms with E-state index in [2.05, 4.69) is 32.9 Å². The van der Waals surface area contributed by atoms with Crippen LogP contribution in [-0.2, 0) is 14.9 Å². The maximum atomic E-state index is 12.2. The van der Waals surface area contributed by atoms with Crippen LogP contribution in [-0.4, -0.2) is 36.5 Å². The third-order valence-corrected chi connectivity index (χ3v) is 7.68. The summed E-state index contributed by atoms with van der Waals surface area (Å²) in [7, 11) is 1.61. The number of carboxylic acids is 1. The first-order valence-corrected chi connectivity index (χ1v) is 12.0. The topological polar surface area (TPSA) is 74.2 Å². The van der Waals surface area contributed by atoms with E-state index in [1.807, 2.05) is 44.2 Å². The third kappa shape index (κ3) is 4.61. The average molecular weight is 469 g/mol. The lowest BCUT2D eigenvalue weighted by Crippen LogP contribution is -2.53. The van der Waals surface area contributed by atoms with Gasteiger partial charge in [0.2, 0.25) is 0 Å². The van der Waals surface area contributed by atoms with Crippen LogP contribution in [0.25, 0.3) is 0 Å². The summed E-state index contributed by atoms with van der Waals surface area (Å²) in [6.07, 6.45) is 0.633. The molecular formula is C28H36O6. The van der Waals surface area contributed by atoms with Crippen molar-refractivity contribution in [1.82, 2.24) is 0 Å². The minimum absolute atomic E-state index is 0.0205. The van der Waals surface area contributed by atoms with Gasteiger partial charge >= 0.3 is 5.97 Å². The van der Waals surface area contributed by atoms with Crippen molar-refractivity contribution < 1.29 is 28.8 Å². The van der Waals surface area contributed by atoms with Gasteiger partial charge in [0, 0.05) is 11.5 Å². The van der Waals surface area contributed by atoms with Crippen molar-refractivity contribution in [2.75, 3.05) is 13.7 Å². The van der Waals surface area contributed by atoms with Crippen LogP contribution in [0.4, 0.5) is 0 Å². The van der Waals surface area contributed by atoms with Crippen LogP contribution in [0, 0.1) is 11.8 Å². The number of ether oxygens (including phenoxy) is 4. The predicted octanol–water partition coefficient (Wildman–Crippen LogP) is 5.78. The molecule has 4 rings (SSSR count). The summed E-state index contributed by atoms with van der Waals surface area (Å²) in [5, 5.41) is 10.0. The molecule has 0 spiro atoms. The number of hydrogen-bond acceptors (Lipinski definition) is 5. The molecule has 6 nitrogen and oxygen atoms in total. The number of benzene rings is 2. The van der Waals surface area contributed by atoms with Crippen LogP contribution in [0.3, 0.4) is 0 Å². The highest BCUT2D eigenvalue weighted by molar-refractivity contribution is 5.71. The molecule has 1 fully saturated rings. The van der Waals surface area contributed by atoms with Crippen molar-refractivity contribution in [3.8, 4) is 17.2 Å². The van der Waals surface area contributed by atoms with E-state index in [0.29, 0.717) is 12.2 Å². The number of rotatable bonds is 7. The lowest BCUT2D eigenvalue weighted by molar-refractivity contribution is -0.192. The van der Waals surface area contributed by atoms with Crippen LogP contribution in [0.2, 0.25) is 0 Å². The fourth-order valence-corrected chi connectivity index (χ4v) is 4.98. The van der Waals surface area contributed by atoms with Gasteiger partial charge in [0.05, 0.1) is 19.1 Å². The Labute approximate surface area is 202 Å². The number of carboxylic acid groups (broad SMARTS) is 1. The second-order valence-corrected chi connectivity index (χ2v) is 10.6. The summed E-state index contributed by atoms with van der Waals surface area (Å²) >= 11 is 0. The predicted molar refractivity (Wildman–Crippen MR) is 130 cm³/mol. The van der Waals surface area contributed by atoms with Crippen molar-refractivity contribution in [2.45, 2.75) is 70.7 Å². The number of aliphatic carboxylic acids is 1. The summed E-state index contributed by atoms with van der Waals surface area (Å²) in [5.74, 6) is 0.557.